The highest BCUT2D eigenvalue weighted by Crippen LogP contribution is 2.74. The summed E-state index contributed by atoms with van der Waals surface area (Å²) in [5.74, 6) is -1.76. The molecular formula is C30H44O6. The molecule has 0 spiro atoms. The smallest absolute Gasteiger partial charge is 0.309 e. The first-order valence-electron chi connectivity index (χ1n) is 13.8. The minimum atomic E-state index is -1.09. The van der Waals surface area contributed by atoms with Gasteiger partial charge < -0.3 is 15.3 Å². The highest BCUT2D eigenvalue weighted by molar-refractivity contribution is 6.03. The number of ketones is 2. The van der Waals surface area contributed by atoms with E-state index in [9.17, 15) is 29.7 Å². The lowest BCUT2D eigenvalue weighted by Gasteiger charge is -2.70. The lowest BCUT2D eigenvalue weighted by atomic mass is 9.32. The van der Waals surface area contributed by atoms with Gasteiger partial charge >= 0.3 is 5.97 Å². The van der Waals surface area contributed by atoms with E-state index >= 15 is 0 Å². The van der Waals surface area contributed by atoms with Crippen molar-refractivity contribution in [1.29, 1.82) is 0 Å². The van der Waals surface area contributed by atoms with E-state index in [0.717, 1.165) is 5.57 Å². The third-order valence-electron chi connectivity index (χ3n) is 12.9. The van der Waals surface area contributed by atoms with Crippen LogP contribution in [0.3, 0.4) is 0 Å². The minimum Gasteiger partial charge on any atom is -0.481 e. The fourth-order valence-electron chi connectivity index (χ4n) is 10.1. The maximum absolute atomic E-state index is 14.3. The van der Waals surface area contributed by atoms with E-state index in [1.807, 2.05) is 27.7 Å². The van der Waals surface area contributed by atoms with Gasteiger partial charge in [-0.25, -0.2) is 0 Å². The van der Waals surface area contributed by atoms with Gasteiger partial charge in [-0.05, 0) is 79.6 Å². The molecule has 6 heteroatoms. The van der Waals surface area contributed by atoms with Gasteiger partial charge in [0.15, 0.2) is 5.78 Å². The zero-order chi connectivity index (χ0) is 26.9. The summed E-state index contributed by atoms with van der Waals surface area (Å²) in [4.78, 5) is 40.8. The van der Waals surface area contributed by atoms with E-state index in [2.05, 4.69) is 13.8 Å². The topological polar surface area (TPSA) is 112 Å². The molecule has 10 atom stereocenters. The third-order valence-corrected chi connectivity index (χ3v) is 12.9. The van der Waals surface area contributed by atoms with Crippen LogP contribution in [0.4, 0.5) is 0 Å². The van der Waals surface area contributed by atoms with Crippen molar-refractivity contribution < 1.29 is 29.7 Å². The highest BCUT2D eigenvalue weighted by Gasteiger charge is 2.75. The number of carboxylic acid groups (broad SMARTS) is 1. The first kappa shape index (κ1) is 26.1. The van der Waals surface area contributed by atoms with E-state index < -0.39 is 51.2 Å². The summed E-state index contributed by atoms with van der Waals surface area (Å²) in [6.45, 7) is 14.0. The number of hydrogen-bond donors (Lipinski definition) is 3. The minimum absolute atomic E-state index is 0.00180. The van der Waals surface area contributed by atoms with Crippen LogP contribution in [0.1, 0.15) is 93.4 Å². The Labute approximate surface area is 214 Å². The second-order valence-corrected chi connectivity index (χ2v) is 14.9. The molecule has 200 valence electrons. The maximum atomic E-state index is 14.3. The van der Waals surface area contributed by atoms with Gasteiger partial charge in [0.25, 0.3) is 0 Å². The Morgan fingerprint density at radius 3 is 2.14 bits per heavy atom. The second-order valence-electron chi connectivity index (χ2n) is 14.9. The monoisotopic (exact) mass is 500 g/mol. The molecule has 0 aromatic heterocycles. The van der Waals surface area contributed by atoms with E-state index in [-0.39, 0.29) is 35.2 Å². The summed E-state index contributed by atoms with van der Waals surface area (Å²) in [6, 6.07) is 0. The molecule has 1 unspecified atom stereocenters. The Bertz CT molecular complexity index is 1080. The molecule has 0 amide bonds. The van der Waals surface area contributed by atoms with Crippen molar-refractivity contribution in [2.24, 2.45) is 50.2 Å². The van der Waals surface area contributed by atoms with E-state index in [1.165, 1.54) is 0 Å². The fraction of sp³-hybridized carbons (Fsp3) is 0.833. The first-order valence-corrected chi connectivity index (χ1v) is 13.8. The normalized spacial score (nSPS) is 53.9. The van der Waals surface area contributed by atoms with Crippen LogP contribution in [-0.2, 0) is 14.4 Å². The van der Waals surface area contributed by atoms with Crippen molar-refractivity contribution in [2.75, 3.05) is 0 Å². The largest absolute Gasteiger partial charge is 0.481 e. The number of carbonyl (C=O) groups is 3. The van der Waals surface area contributed by atoms with Gasteiger partial charge in [0, 0.05) is 23.2 Å². The van der Waals surface area contributed by atoms with Crippen molar-refractivity contribution in [1.82, 2.24) is 0 Å². The van der Waals surface area contributed by atoms with Crippen molar-refractivity contribution in [2.45, 2.75) is 106 Å². The molecule has 36 heavy (non-hydrogen) atoms. The zero-order valence-electron chi connectivity index (χ0n) is 23.0. The van der Waals surface area contributed by atoms with Gasteiger partial charge in [-0.3, -0.25) is 14.4 Å². The molecule has 0 aromatic rings. The van der Waals surface area contributed by atoms with Gasteiger partial charge in [0.2, 0.25) is 0 Å². The van der Waals surface area contributed by atoms with E-state index in [4.69, 9.17) is 0 Å². The fourth-order valence-corrected chi connectivity index (χ4v) is 10.1. The quantitative estimate of drug-likeness (QED) is 0.487. The number of fused-ring (bicyclic) bond motifs is 7. The van der Waals surface area contributed by atoms with E-state index in [1.54, 1.807) is 13.0 Å². The Balaban J connectivity index is 1.70. The average Bonchev–Trinajstić information content (AvgIpc) is 2.77. The zero-order valence-corrected chi connectivity index (χ0v) is 23.0. The predicted molar refractivity (Wildman–Crippen MR) is 135 cm³/mol. The van der Waals surface area contributed by atoms with Crippen LogP contribution >= 0.6 is 0 Å². The Hall–Kier alpha value is -1.53. The van der Waals surface area contributed by atoms with Gasteiger partial charge in [0.1, 0.15) is 5.78 Å². The van der Waals surface area contributed by atoms with Crippen LogP contribution in [0.5, 0.6) is 0 Å². The number of carboxylic acids is 1. The Kier molecular flexibility index (Phi) is 5.30. The number of aliphatic hydroxyl groups excluding tert-OH is 2. The van der Waals surface area contributed by atoms with Crippen LogP contribution in [0, 0.1) is 50.2 Å². The lowest BCUT2D eigenvalue weighted by Crippen LogP contribution is -2.72. The number of hydrogen-bond acceptors (Lipinski definition) is 5. The SMILES string of the molecule is CC1(C)[C@@H](O)CC[C@]2(C)C3C(=O)C=C4[C@@H]5C[C@@](C)(C(=O)O)CC[C@]5(C)C[C@H](O)[C@@]4(C)[C@]3(C)C(=O)C[C@@H]12. The Morgan fingerprint density at radius 2 is 1.53 bits per heavy atom. The molecule has 6 nitrogen and oxygen atoms in total. The van der Waals surface area contributed by atoms with Gasteiger partial charge in [0.05, 0.1) is 17.6 Å². The maximum Gasteiger partial charge on any atom is 0.309 e. The lowest BCUT2D eigenvalue weighted by molar-refractivity contribution is -0.215. The molecule has 0 aromatic carbocycles. The number of aliphatic hydroxyl groups is 2. The average molecular weight is 501 g/mol. The summed E-state index contributed by atoms with van der Waals surface area (Å²) in [6.07, 6.45) is 4.04. The third kappa shape index (κ3) is 2.84. The molecule has 5 aliphatic carbocycles. The second kappa shape index (κ2) is 7.31. The first-order chi connectivity index (χ1) is 16.4. The molecule has 0 heterocycles. The van der Waals surface area contributed by atoms with E-state index in [0.29, 0.717) is 38.5 Å². The van der Waals surface area contributed by atoms with Crippen LogP contribution in [0.25, 0.3) is 0 Å². The summed E-state index contributed by atoms with van der Waals surface area (Å²) in [5.41, 5.74) is -3.42. The summed E-state index contributed by atoms with van der Waals surface area (Å²) in [5, 5.41) is 32.8. The predicted octanol–water partition coefficient (Wildman–Crippen LogP) is 4.56. The Morgan fingerprint density at radius 1 is 0.889 bits per heavy atom. The van der Waals surface area contributed by atoms with Crippen molar-refractivity contribution in [3.8, 4) is 0 Å². The van der Waals surface area contributed by atoms with Gasteiger partial charge in [-0.1, -0.05) is 47.1 Å². The molecule has 5 aliphatic rings. The van der Waals surface area contributed by atoms with Crippen LogP contribution in [0.2, 0.25) is 0 Å². The molecule has 0 aliphatic heterocycles. The van der Waals surface area contributed by atoms with Crippen LogP contribution < -0.4 is 0 Å². The number of rotatable bonds is 1. The van der Waals surface area contributed by atoms with Crippen molar-refractivity contribution in [3.63, 3.8) is 0 Å². The molecule has 0 saturated heterocycles. The van der Waals surface area contributed by atoms with Gasteiger partial charge in [-0.2, -0.15) is 0 Å². The highest BCUT2D eigenvalue weighted by atomic mass is 16.4. The number of aliphatic carboxylic acids is 1. The summed E-state index contributed by atoms with van der Waals surface area (Å²) >= 11 is 0. The summed E-state index contributed by atoms with van der Waals surface area (Å²) < 4.78 is 0. The molecule has 3 N–H and O–H groups in total. The molecule has 0 bridgehead atoms. The van der Waals surface area contributed by atoms with Crippen LogP contribution in [-0.4, -0.2) is 45.1 Å². The molecule has 4 fully saturated rings. The van der Waals surface area contributed by atoms with Gasteiger partial charge in [-0.15, -0.1) is 0 Å². The number of carbonyl (C=O) groups excluding carboxylic acids is 2. The van der Waals surface area contributed by atoms with Crippen LogP contribution in [0.15, 0.2) is 11.6 Å². The number of Topliss-reactive ketones (excluding diaryl/α,β-unsaturated/α-hetero) is 1. The summed E-state index contributed by atoms with van der Waals surface area (Å²) in [7, 11) is 0. The number of allylic oxidation sites excluding steroid dienone is 1. The van der Waals surface area contributed by atoms with Crippen molar-refractivity contribution in [3.05, 3.63) is 11.6 Å². The molecule has 5 rings (SSSR count). The molecule has 0 radical (unpaired) electrons. The molecule has 4 saturated carbocycles. The molecular weight excluding hydrogens is 456 g/mol. The van der Waals surface area contributed by atoms with Crippen molar-refractivity contribution >= 4 is 17.5 Å². The standard InChI is InChI=1S/C30H44O6/c1-25(2)19-13-21(33)30(7)23(28(19,5)9-8-20(25)32)18(31)12-16-17-14-27(4,24(35)36)11-10-26(17,3)15-22(34)29(16,30)6/h12,17,19-20,22-23,32,34H,8-11,13-15H2,1-7H3,(H,35,36)/t17-,19-,20-,22-,23?,26+,27-,28-,29-,30+/m0/s1.